The van der Waals surface area contributed by atoms with Crippen LogP contribution in [0.3, 0.4) is 0 Å². The second-order valence-electron chi connectivity index (χ2n) is 4.00. The predicted octanol–water partition coefficient (Wildman–Crippen LogP) is 1.07. The van der Waals surface area contributed by atoms with E-state index in [4.69, 9.17) is 5.26 Å². The maximum Gasteiger partial charge on any atom is 0.269 e. The third kappa shape index (κ3) is 2.41. The molecule has 6 nitrogen and oxygen atoms in total. The number of hydrogen-bond donors (Lipinski definition) is 1. The highest BCUT2D eigenvalue weighted by Crippen LogP contribution is 2.20. The first kappa shape index (κ1) is 13.8. The Bertz CT molecular complexity index is 817. The lowest BCUT2D eigenvalue weighted by Crippen LogP contribution is -2.30. The van der Waals surface area contributed by atoms with Gasteiger partial charge in [-0.1, -0.05) is 0 Å². The second-order valence-corrected chi connectivity index (χ2v) is 5.94. The maximum atomic E-state index is 12.3. The minimum Gasteiger partial charge on any atom is -0.366 e. The van der Waals surface area contributed by atoms with E-state index in [1.165, 1.54) is 37.5 Å². The molecule has 7 heteroatoms. The number of anilines is 1. The van der Waals surface area contributed by atoms with E-state index in [-0.39, 0.29) is 4.90 Å². The highest BCUT2D eigenvalue weighted by molar-refractivity contribution is 7.92. The minimum atomic E-state index is -3.94. The highest BCUT2D eigenvalue weighted by Gasteiger charge is 2.23. The molecule has 1 aromatic heterocycles. The number of nitrogens with one attached hydrogen (secondary N) is 1. The van der Waals surface area contributed by atoms with Gasteiger partial charge in [0.25, 0.3) is 10.0 Å². The largest absolute Gasteiger partial charge is 0.366 e. The van der Waals surface area contributed by atoms with Crippen LogP contribution in [0.1, 0.15) is 5.56 Å². The van der Waals surface area contributed by atoms with Crippen LogP contribution in [0.4, 0.5) is 5.69 Å². The molecule has 0 aliphatic carbocycles. The molecule has 2 aromatic rings. The Morgan fingerprint density at radius 3 is 2.40 bits per heavy atom. The number of sulfonamides is 1. The molecular formula is C13H11N3O3S. The van der Waals surface area contributed by atoms with Crippen LogP contribution in [0.25, 0.3) is 0 Å². The van der Waals surface area contributed by atoms with E-state index in [2.05, 4.69) is 4.98 Å². The molecule has 0 unspecified atom stereocenters. The molecule has 0 amide bonds. The van der Waals surface area contributed by atoms with Crippen LogP contribution in [-0.2, 0) is 10.0 Å². The predicted molar refractivity (Wildman–Crippen MR) is 73.8 cm³/mol. The Morgan fingerprint density at radius 2 is 1.85 bits per heavy atom. The van der Waals surface area contributed by atoms with E-state index in [1.54, 1.807) is 0 Å². The average Bonchev–Trinajstić information content (AvgIpc) is 2.47. The van der Waals surface area contributed by atoms with E-state index in [0.717, 1.165) is 16.6 Å². The van der Waals surface area contributed by atoms with E-state index >= 15 is 0 Å². The average molecular weight is 289 g/mol. The van der Waals surface area contributed by atoms with Gasteiger partial charge in [-0.15, -0.1) is 0 Å². The van der Waals surface area contributed by atoms with Crippen LogP contribution < -0.4 is 9.73 Å². The maximum absolute atomic E-state index is 12.3. The van der Waals surface area contributed by atoms with Gasteiger partial charge < -0.3 is 4.98 Å². The summed E-state index contributed by atoms with van der Waals surface area (Å²) in [5.41, 5.74) is 0.216. The summed E-state index contributed by atoms with van der Waals surface area (Å²) in [7, 11) is -2.59. The molecular weight excluding hydrogens is 278 g/mol. The zero-order valence-electron chi connectivity index (χ0n) is 10.6. The summed E-state index contributed by atoms with van der Waals surface area (Å²) >= 11 is 0. The fraction of sp³-hybridized carbons (Fsp3) is 0.0769. The van der Waals surface area contributed by atoms with Crippen LogP contribution in [-0.4, -0.2) is 20.4 Å². The van der Waals surface area contributed by atoms with Crippen molar-refractivity contribution in [2.45, 2.75) is 4.90 Å². The van der Waals surface area contributed by atoms with Crippen molar-refractivity contribution in [2.75, 3.05) is 11.4 Å². The summed E-state index contributed by atoms with van der Waals surface area (Å²) in [5.74, 6) is 0. The normalized spacial score (nSPS) is 10.8. The lowest BCUT2D eigenvalue weighted by atomic mass is 10.2. The Balaban J connectivity index is 2.46. The van der Waals surface area contributed by atoms with Crippen LogP contribution in [0.2, 0.25) is 0 Å². The molecule has 0 aliphatic heterocycles. The summed E-state index contributed by atoms with van der Waals surface area (Å²) in [6.07, 6.45) is 2.51. The Labute approximate surface area is 116 Å². The molecule has 1 N–H and O–H groups in total. The second kappa shape index (κ2) is 5.19. The summed E-state index contributed by atoms with van der Waals surface area (Å²) in [5, 5.41) is 8.71. The van der Waals surface area contributed by atoms with E-state index < -0.39 is 15.5 Å². The molecule has 0 bridgehead atoms. The van der Waals surface area contributed by atoms with Gasteiger partial charge in [-0.25, -0.2) is 8.42 Å². The van der Waals surface area contributed by atoms with Crippen LogP contribution in [0, 0.1) is 11.3 Å². The summed E-state index contributed by atoms with van der Waals surface area (Å²) < 4.78 is 25.7. The smallest absolute Gasteiger partial charge is 0.269 e. The topological polar surface area (TPSA) is 94.0 Å². The van der Waals surface area contributed by atoms with Gasteiger partial charge in [-0.3, -0.25) is 9.10 Å². The number of aromatic nitrogens is 1. The first-order valence-electron chi connectivity index (χ1n) is 5.63. The molecule has 0 atom stereocenters. The van der Waals surface area contributed by atoms with Crippen molar-refractivity contribution in [3.63, 3.8) is 0 Å². The Kier molecular flexibility index (Phi) is 3.59. The number of benzene rings is 1. The number of nitriles is 1. The monoisotopic (exact) mass is 289 g/mol. The first-order chi connectivity index (χ1) is 9.46. The fourth-order valence-electron chi connectivity index (χ4n) is 1.63. The Hall–Kier alpha value is -2.59. The van der Waals surface area contributed by atoms with E-state index in [9.17, 15) is 13.2 Å². The summed E-state index contributed by atoms with van der Waals surface area (Å²) in [6, 6.07) is 9.14. The van der Waals surface area contributed by atoms with Crippen molar-refractivity contribution in [2.24, 2.45) is 0 Å². The van der Waals surface area contributed by atoms with Crippen molar-refractivity contribution < 1.29 is 8.42 Å². The van der Waals surface area contributed by atoms with Gasteiger partial charge in [-0.05, 0) is 24.3 Å². The number of aromatic amines is 1. The number of H-pyrrole nitrogens is 1. The molecule has 0 saturated heterocycles. The third-order valence-corrected chi connectivity index (χ3v) is 4.59. The van der Waals surface area contributed by atoms with Gasteiger partial charge in [0, 0.05) is 25.5 Å². The van der Waals surface area contributed by atoms with Crippen molar-refractivity contribution in [3.8, 4) is 6.07 Å². The molecule has 20 heavy (non-hydrogen) atoms. The summed E-state index contributed by atoms with van der Waals surface area (Å²) in [4.78, 5) is 13.9. The standard InChI is InChI=1S/C13H11N3O3S/c1-16(11-4-2-10(8-14)3-5-11)20(18,19)13-9-15-7-6-12(13)17/h2-7,9H,1H3,(H,15,17). The number of pyridine rings is 1. The zero-order chi connectivity index (χ0) is 14.8. The van der Waals surface area contributed by atoms with Crippen LogP contribution >= 0.6 is 0 Å². The van der Waals surface area contributed by atoms with Crippen molar-refractivity contribution >= 4 is 15.7 Å². The van der Waals surface area contributed by atoms with Crippen molar-refractivity contribution in [1.82, 2.24) is 4.98 Å². The number of hydrogen-bond acceptors (Lipinski definition) is 4. The molecule has 102 valence electrons. The highest BCUT2D eigenvalue weighted by atomic mass is 32.2. The van der Waals surface area contributed by atoms with Gasteiger partial charge in [0.05, 0.1) is 17.3 Å². The summed E-state index contributed by atoms with van der Waals surface area (Å²) in [6.45, 7) is 0. The molecule has 0 aliphatic rings. The minimum absolute atomic E-state index is 0.327. The quantitative estimate of drug-likeness (QED) is 0.914. The zero-order valence-corrected chi connectivity index (χ0v) is 11.4. The first-order valence-corrected chi connectivity index (χ1v) is 7.07. The molecule has 0 radical (unpaired) electrons. The van der Waals surface area contributed by atoms with E-state index in [0.29, 0.717) is 11.3 Å². The van der Waals surface area contributed by atoms with Crippen LogP contribution in [0.5, 0.6) is 0 Å². The van der Waals surface area contributed by atoms with Gasteiger partial charge in [0.1, 0.15) is 0 Å². The SMILES string of the molecule is CN(c1ccc(C#N)cc1)S(=O)(=O)c1c[nH]ccc1=O. The lowest BCUT2D eigenvalue weighted by molar-refractivity contribution is 0.593. The van der Waals surface area contributed by atoms with Crippen molar-refractivity contribution in [3.05, 3.63) is 58.5 Å². The molecule has 0 saturated carbocycles. The van der Waals surface area contributed by atoms with E-state index in [1.807, 2.05) is 6.07 Å². The Morgan fingerprint density at radius 1 is 1.20 bits per heavy atom. The molecule has 2 rings (SSSR count). The molecule has 1 heterocycles. The molecule has 0 spiro atoms. The lowest BCUT2D eigenvalue weighted by Gasteiger charge is -2.18. The van der Waals surface area contributed by atoms with Gasteiger partial charge in [0.15, 0.2) is 4.90 Å². The number of nitrogens with zero attached hydrogens (tertiary/aromatic N) is 2. The molecule has 0 fully saturated rings. The third-order valence-electron chi connectivity index (χ3n) is 2.79. The fourth-order valence-corrected chi connectivity index (χ4v) is 2.87. The molecule has 1 aromatic carbocycles. The van der Waals surface area contributed by atoms with Gasteiger partial charge in [-0.2, -0.15) is 5.26 Å². The van der Waals surface area contributed by atoms with Gasteiger partial charge >= 0.3 is 0 Å². The van der Waals surface area contributed by atoms with Crippen LogP contribution in [0.15, 0.2) is 52.4 Å². The number of rotatable bonds is 3. The van der Waals surface area contributed by atoms with Crippen molar-refractivity contribution in [1.29, 1.82) is 5.26 Å². The van der Waals surface area contributed by atoms with Gasteiger partial charge in [0.2, 0.25) is 5.43 Å².